The van der Waals surface area contributed by atoms with E-state index in [1.807, 2.05) is 6.07 Å². The van der Waals surface area contributed by atoms with E-state index in [0.29, 0.717) is 34.7 Å². The predicted molar refractivity (Wildman–Crippen MR) is 157 cm³/mol. The Kier molecular flexibility index (Phi) is 9.25. The monoisotopic (exact) mass is 616 g/mol. The van der Waals surface area contributed by atoms with Crippen LogP contribution in [0.4, 0.5) is 0 Å². The van der Waals surface area contributed by atoms with Crippen LogP contribution in [0, 0.1) is 0 Å². The SMILES string of the molecule is CS(=O)N[C@H]1CCCCC1N1C(=O)c2ccc(O)cc2[C@@H](C(=O)NOCc2ccccn2)[C@@H]1c1ccc(Cl)cc1Cl. The van der Waals surface area contributed by atoms with Gasteiger partial charge in [-0.1, -0.05) is 48.2 Å². The van der Waals surface area contributed by atoms with Crippen LogP contribution in [0.15, 0.2) is 60.8 Å². The topological polar surface area (TPSA) is 121 Å². The van der Waals surface area contributed by atoms with Crippen molar-refractivity contribution in [2.45, 2.75) is 56.3 Å². The third-order valence-corrected chi connectivity index (χ3v) is 8.73. The molecule has 1 saturated carbocycles. The minimum atomic E-state index is -1.32. The van der Waals surface area contributed by atoms with Crippen LogP contribution in [-0.2, 0) is 27.2 Å². The van der Waals surface area contributed by atoms with Gasteiger partial charge in [-0.05, 0) is 66.4 Å². The fraction of sp³-hybridized carbons (Fsp3) is 0.345. The van der Waals surface area contributed by atoms with Gasteiger partial charge in [0.2, 0.25) is 0 Å². The molecular weight excluding hydrogens is 587 g/mol. The van der Waals surface area contributed by atoms with Crippen molar-refractivity contribution in [3.8, 4) is 5.75 Å². The predicted octanol–water partition coefficient (Wildman–Crippen LogP) is 4.82. The maximum Gasteiger partial charge on any atom is 0.255 e. The molecule has 2 unspecified atom stereocenters. The Labute approximate surface area is 250 Å². The number of phenolic OH excluding ortho intramolecular Hbond substituents is 1. The van der Waals surface area contributed by atoms with Crippen molar-refractivity contribution in [1.82, 2.24) is 20.1 Å². The largest absolute Gasteiger partial charge is 0.508 e. The number of phenols is 1. The van der Waals surface area contributed by atoms with Crippen LogP contribution in [0.1, 0.15) is 64.8 Å². The number of halogens is 2. The van der Waals surface area contributed by atoms with Gasteiger partial charge >= 0.3 is 0 Å². The molecule has 0 bridgehead atoms. The normalized spacial score (nSPS) is 23.1. The van der Waals surface area contributed by atoms with E-state index in [4.69, 9.17) is 28.0 Å². The van der Waals surface area contributed by atoms with E-state index in [9.17, 15) is 18.9 Å². The molecule has 0 spiro atoms. The van der Waals surface area contributed by atoms with Crippen molar-refractivity contribution >= 4 is 46.0 Å². The number of amides is 2. The summed E-state index contributed by atoms with van der Waals surface area (Å²) in [5.74, 6) is -1.93. The number of carbonyl (C=O) groups is 2. The summed E-state index contributed by atoms with van der Waals surface area (Å²) in [5.41, 5.74) is 4.31. The van der Waals surface area contributed by atoms with E-state index in [0.717, 1.165) is 12.8 Å². The molecule has 2 aliphatic rings. The lowest BCUT2D eigenvalue weighted by molar-refractivity contribution is -0.138. The van der Waals surface area contributed by atoms with Crippen LogP contribution < -0.4 is 10.2 Å². The van der Waals surface area contributed by atoms with Gasteiger partial charge in [0.05, 0.1) is 28.6 Å². The summed E-state index contributed by atoms with van der Waals surface area (Å²) in [6.07, 6.45) is 6.30. The number of nitrogens with one attached hydrogen (secondary N) is 2. The Morgan fingerprint density at radius 2 is 1.93 bits per heavy atom. The fourth-order valence-corrected chi connectivity index (χ4v) is 7.06. The van der Waals surface area contributed by atoms with Gasteiger partial charge in [0.25, 0.3) is 11.8 Å². The van der Waals surface area contributed by atoms with Crippen LogP contribution in [0.2, 0.25) is 10.0 Å². The summed E-state index contributed by atoms with van der Waals surface area (Å²) < 4.78 is 15.4. The molecule has 1 aliphatic carbocycles. The van der Waals surface area contributed by atoms with Crippen LogP contribution in [-0.4, -0.2) is 49.4 Å². The number of hydrogen-bond donors (Lipinski definition) is 3. The first-order valence-electron chi connectivity index (χ1n) is 13.3. The number of benzene rings is 2. The zero-order chi connectivity index (χ0) is 29.1. The lowest BCUT2D eigenvalue weighted by atomic mass is 9.76. The molecule has 3 aromatic rings. The van der Waals surface area contributed by atoms with E-state index in [2.05, 4.69) is 15.2 Å². The Bertz CT molecular complexity index is 1460. The summed E-state index contributed by atoms with van der Waals surface area (Å²) in [4.78, 5) is 39.8. The Morgan fingerprint density at radius 1 is 1.12 bits per heavy atom. The molecule has 5 rings (SSSR count). The van der Waals surface area contributed by atoms with Gasteiger partial charge in [0.1, 0.15) is 12.4 Å². The van der Waals surface area contributed by atoms with Gasteiger partial charge < -0.3 is 10.0 Å². The van der Waals surface area contributed by atoms with Crippen molar-refractivity contribution in [2.24, 2.45) is 0 Å². The number of nitrogens with zero attached hydrogens (tertiary/aromatic N) is 2. The smallest absolute Gasteiger partial charge is 0.255 e. The van der Waals surface area contributed by atoms with Crippen molar-refractivity contribution in [1.29, 1.82) is 0 Å². The summed E-state index contributed by atoms with van der Waals surface area (Å²) in [6, 6.07) is 13.2. The molecule has 3 N–H and O–H groups in total. The highest BCUT2D eigenvalue weighted by Crippen LogP contribution is 2.48. The average Bonchev–Trinajstić information content (AvgIpc) is 2.94. The molecule has 12 heteroatoms. The lowest BCUT2D eigenvalue weighted by Crippen LogP contribution is -2.58. The van der Waals surface area contributed by atoms with Crippen molar-refractivity contribution in [2.75, 3.05) is 6.26 Å². The highest BCUT2D eigenvalue weighted by atomic mass is 35.5. The van der Waals surface area contributed by atoms with Gasteiger partial charge in [-0.25, -0.2) is 14.4 Å². The molecule has 2 amide bonds. The van der Waals surface area contributed by atoms with Crippen molar-refractivity contribution in [3.05, 3.63) is 93.2 Å². The lowest BCUT2D eigenvalue weighted by Gasteiger charge is -2.49. The van der Waals surface area contributed by atoms with Gasteiger partial charge in [0, 0.05) is 40.1 Å². The van der Waals surface area contributed by atoms with Gasteiger partial charge in [-0.15, -0.1) is 0 Å². The minimum absolute atomic E-state index is 0.0259. The summed E-state index contributed by atoms with van der Waals surface area (Å²) in [7, 11) is -1.32. The second-order valence-corrected chi connectivity index (χ2v) is 12.2. The number of hydrogen-bond acceptors (Lipinski definition) is 6. The molecule has 41 heavy (non-hydrogen) atoms. The first-order chi connectivity index (χ1) is 19.7. The molecule has 5 atom stereocenters. The van der Waals surface area contributed by atoms with Crippen molar-refractivity contribution in [3.63, 3.8) is 0 Å². The number of pyridine rings is 1. The first kappa shape index (κ1) is 29.5. The van der Waals surface area contributed by atoms with E-state index < -0.39 is 28.9 Å². The van der Waals surface area contributed by atoms with Crippen LogP contribution in [0.5, 0.6) is 5.75 Å². The molecule has 2 heterocycles. The number of aromatic nitrogens is 1. The molecule has 9 nitrogen and oxygen atoms in total. The molecule has 1 aromatic heterocycles. The first-order valence-corrected chi connectivity index (χ1v) is 15.6. The maximum absolute atomic E-state index is 14.3. The highest BCUT2D eigenvalue weighted by Gasteiger charge is 2.49. The zero-order valence-corrected chi connectivity index (χ0v) is 24.6. The maximum atomic E-state index is 14.3. The quantitative estimate of drug-likeness (QED) is 0.312. The number of fused-ring (bicyclic) bond motifs is 1. The highest BCUT2D eigenvalue weighted by molar-refractivity contribution is 7.82. The molecule has 216 valence electrons. The van der Waals surface area contributed by atoms with E-state index in [1.165, 1.54) is 18.2 Å². The molecule has 1 aliphatic heterocycles. The van der Waals surface area contributed by atoms with Crippen molar-refractivity contribution < 1.29 is 23.7 Å². The van der Waals surface area contributed by atoms with E-state index in [1.54, 1.807) is 47.7 Å². The molecule has 0 saturated heterocycles. The van der Waals surface area contributed by atoms with Gasteiger partial charge in [-0.3, -0.25) is 19.4 Å². The Morgan fingerprint density at radius 3 is 2.66 bits per heavy atom. The number of rotatable bonds is 8. The van der Waals surface area contributed by atoms with Gasteiger partial charge in [0.15, 0.2) is 0 Å². The molecule has 1 fully saturated rings. The Balaban J connectivity index is 1.62. The van der Waals surface area contributed by atoms with Gasteiger partial charge in [-0.2, -0.15) is 0 Å². The summed E-state index contributed by atoms with van der Waals surface area (Å²) in [6.45, 7) is 0.0259. The Hall–Kier alpha value is -3.02. The van der Waals surface area contributed by atoms with E-state index in [-0.39, 0.29) is 40.9 Å². The van der Waals surface area contributed by atoms with Crippen LogP contribution >= 0.6 is 23.2 Å². The zero-order valence-electron chi connectivity index (χ0n) is 22.3. The average molecular weight is 618 g/mol. The standard InChI is InChI=1S/C29H30Cl2N4O5S/c1-41(39)34-24-7-2-3-8-25(24)35-27(21-11-9-17(30)14-23(21)31)26(22-15-19(36)10-12-20(22)29(35)38)28(37)33-40-16-18-6-4-5-13-32-18/h4-6,9-15,24-27,34,36H,2-3,7-8,16H2,1H3,(H,33,37)/t24-,25?,26+,27-,41?/m0/s1. The second kappa shape index (κ2) is 12.9. The van der Waals surface area contributed by atoms with E-state index >= 15 is 0 Å². The third-order valence-electron chi connectivity index (χ3n) is 7.54. The molecule has 2 aromatic carbocycles. The minimum Gasteiger partial charge on any atom is -0.508 e. The number of aromatic hydroxyl groups is 1. The summed E-state index contributed by atoms with van der Waals surface area (Å²) in [5, 5.41) is 11.1. The van der Waals surface area contributed by atoms with Crippen LogP contribution in [0.25, 0.3) is 0 Å². The second-order valence-electron chi connectivity index (χ2n) is 10.2. The third kappa shape index (κ3) is 6.42. The molecule has 0 radical (unpaired) electrons. The fourth-order valence-electron chi connectivity index (χ4n) is 5.83. The number of carbonyl (C=O) groups excluding carboxylic acids is 2. The number of hydroxylamine groups is 1. The van der Waals surface area contributed by atoms with Crippen LogP contribution in [0.3, 0.4) is 0 Å². The summed E-state index contributed by atoms with van der Waals surface area (Å²) >= 11 is 13.0. The molecular formula is C29H30Cl2N4O5S.